The van der Waals surface area contributed by atoms with Gasteiger partial charge in [0.05, 0.1) is 18.3 Å². The van der Waals surface area contributed by atoms with Crippen molar-refractivity contribution in [3.8, 4) is 5.75 Å². The SMILES string of the molecule is CCc1nc(N)nc2cc(OC)ccc12. The Hall–Kier alpha value is -1.84. The number of hydrogen-bond acceptors (Lipinski definition) is 4. The lowest BCUT2D eigenvalue weighted by molar-refractivity contribution is 0.415. The summed E-state index contributed by atoms with van der Waals surface area (Å²) in [5.74, 6) is 1.09. The molecule has 2 N–H and O–H groups in total. The molecule has 0 radical (unpaired) electrons. The molecule has 15 heavy (non-hydrogen) atoms. The molecule has 0 aliphatic heterocycles. The second-order valence-corrected chi connectivity index (χ2v) is 3.27. The summed E-state index contributed by atoms with van der Waals surface area (Å²) in [5.41, 5.74) is 7.43. The number of hydrogen-bond donors (Lipinski definition) is 1. The Morgan fingerprint density at radius 3 is 2.80 bits per heavy atom. The van der Waals surface area contributed by atoms with Gasteiger partial charge in [0.25, 0.3) is 0 Å². The van der Waals surface area contributed by atoms with Crippen LogP contribution in [0.5, 0.6) is 5.75 Å². The Kier molecular flexibility index (Phi) is 2.41. The minimum absolute atomic E-state index is 0.313. The number of fused-ring (bicyclic) bond motifs is 1. The van der Waals surface area contributed by atoms with E-state index in [9.17, 15) is 0 Å². The maximum absolute atomic E-state index is 5.63. The van der Waals surface area contributed by atoms with E-state index in [1.807, 2.05) is 25.1 Å². The largest absolute Gasteiger partial charge is 0.497 e. The molecular weight excluding hydrogens is 190 g/mol. The normalized spacial score (nSPS) is 10.5. The van der Waals surface area contributed by atoms with Crippen LogP contribution in [0.1, 0.15) is 12.6 Å². The van der Waals surface area contributed by atoms with E-state index in [0.717, 1.165) is 28.8 Å². The smallest absolute Gasteiger partial charge is 0.220 e. The van der Waals surface area contributed by atoms with Gasteiger partial charge in [0.2, 0.25) is 5.95 Å². The van der Waals surface area contributed by atoms with Crippen molar-refractivity contribution in [1.82, 2.24) is 9.97 Å². The average Bonchev–Trinajstić information content (AvgIpc) is 2.26. The predicted molar refractivity (Wildman–Crippen MR) is 59.9 cm³/mol. The maximum atomic E-state index is 5.63. The first-order valence-electron chi connectivity index (χ1n) is 4.84. The number of aryl methyl sites for hydroxylation is 1. The van der Waals surface area contributed by atoms with E-state index in [2.05, 4.69) is 9.97 Å². The zero-order valence-corrected chi connectivity index (χ0v) is 8.82. The summed E-state index contributed by atoms with van der Waals surface area (Å²) in [4.78, 5) is 8.38. The highest BCUT2D eigenvalue weighted by Gasteiger charge is 2.05. The highest BCUT2D eigenvalue weighted by Crippen LogP contribution is 2.22. The van der Waals surface area contributed by atoms with E-state index in [1.54, 1.807) is 7.11 Å². The number of aromatic nitrogens is 2. The van der Waals surface area contributed by atoms with Gasteiger partial charge in [0.15, 0.2) is 0 Å². The standard InChI is InChI=1S/C11H13N3O/c1-3-9-8-5-4-7(15-2)6-10(8)14-11(12)13-9/h4-6H,3H2,1-2H3,(H2,12,13,14). The molecule has 4 heteroatoms. The van der Waals surface area contributed by atoms with Gasteiger partial charge in [-0.3, -0.25) is 0 Å². The van der Waals surface area contributed by atoms with Crippen molar-refractivity contribution in [3.05, 3.63) is 23.9 Å². The lowest BCUT2D eigenvalue weighted by Crippen LogP contribution is -2.00. The van der Waals surface area contributed by atoms with Gasteiger partial charge in [-0.25, -0.2) is 9.97 Å². The Bertz CT molecular complexity index is 496. The summed E-state index contributed by atoms with van der Waals surface area (Å²) in [6, 6.07) is 5.74. The quantitative estimate of drug-likeness (QED) is 0.808. The number of nitrogens with zero attached hydrogens (tertiary/aromatic N) is 2. The number of nitrogen functional groups attached to an aromatic ring is 1. The number of benzene rings is 1. The van der Waals surface area contributed by atoms with Crippen molar-refractivity contribution < 1.29 is 4.74 Å². The van der Waals surface area contributed by atoms with Gasteiger partial charge in [-0.1, -0.05) is 6.92 Å². The van der Waals surface area contributed by atoms with Crippen molar-refractivity contribution >= 4 is 16.9 Å². The third-order valence-corrected chi connectivity index (χ3v) is 2.34. The van der Waals surface area contributed by atoms with Crippen LogP contribution in [-0.2, 0) is 6.42 Å². The van der Waals surface area contributed by atoms with Gasteiger partial charge in [-0.15, -0.1) is 0 Å². The second-order valence-electron chi connectivity index (χ2n) is 3.27. The number of methoxy groups -OCH3 is 1. The highest BCUT2D eigenvalue weighted by atomic mass is 16.5. The lowest BCUT2D eigenvalue weighted by atomic mass is 10.1. The molecule has 78 valence electrons. The molecule has 0 amide bonds. The van der Waals surface area contributed by atoms with Crippen molar-refractivity contribution in [2.45, 2.75) is 13.3 Å². The molecule has 1 aromatic heterocycles. The summed E-state index contributed by atoms with van der Waals surface area (Å²) in [5, 5.41) is 1.03. The molecule has 2 rings (SSSR count). The van der Waals surface area contributed by atoms with Gasteiger partial charge >= 0.3 is 0 Å². The molecule has 0 spiro atoms. The first kappa shape index (κ1) is 9.71. The summed E-state index contributed by atoms with van der Waals surface area (Å²) in [7, 11) is 1.63. The molecule has 4 nitrogen and oxygen atoms in total. The van der Waals surface area contributed by atoms with Crippen LogP contribution in [0.3, 0.4) is 0 Å². The average molecular weight is 203 g/mol. The fourth-order valence-electron chi connectivity index (χ4n) is 1.59. The molecule has 0 saturated carbocycles. The lowest BCUT2D eigenvalue weighted by Gasteiger charge is -2.06. The topological polar surface area (TPSA) is 61.0 Å². The molecular formula is C11H13N3O. The van der Waals surface area contributed by atoms with E-state index in [0.29, 0.717) is 5.95 Å². The van der Waals surface area contributed by atoms with Crippen molar-refractivity contribution in [1.29, 1.82) is 0 Å². The summed E-state index contributed by atoms with van der Waals surface area (Å²) in [6.45, 7) is 2.05. The molecule has 0 saturated heterocycles. The number of nitrogens with two attached hydrogens (primary N) is 1. The molecule has 0 fully saturated rings. The maximum Gasteiger partial charge on any atom is 0.220 e. The fraction of sp³-hybridized carbons (Fsp3) is 0.273. The van der Waals surface area contributed by atoms with Crippen LogP contribution in [0.4, 0.5) is 5.95 Å². The van der Waals surface area contributed by atoms with Crippen LogP contribution in [0.15, 0.2) is 18.2 Å². The summed E-state index contributed by atoms with van der Waals surface area (Å²) < 4.78 is 5.13. The first-order valence-corrected chi connectivity index (χ1v) is 4.84. The van der Waals surface area contributed by atoms with Gasteiger partial charge in [0, 0.05) is 11.5 Å². The molecule has 0 aliphatic carbocycles. The van der Waals surface area contributed by atoms with E-state index < -0.39 is 0 Å². The van der Waals surface area contributed by atoms with E-state index in [4.69, 9.17) is 10.5 Å². The van der Waals surface area contributed by atoms with Crippen molar-refractivity contribution in [2.24, 2.45) is 0 Å². The van der Waals surface area contributed by atoms with Crippen LogP contribution in [0.2, 0.25) is 0 Å². The third kappa shape index (κ3) is 1.70. The van der Waals surface area contributed by atoms with Gasteiger partial charge in [0.1, 0.15) is 5.75 Å². The van der Waals surface area contributed by atoms with Gasteiger partial charge < -0.3 is 10.5 Å². The second kappa shape index (κ2) is 3.73. The Labute approximate surface area is 88.1 Å². The van der Waals surface area contributed by atoms with Crippen LogP contribution in [-0.4, -0.2) is 17.1 Å². The Morgan fingerprint density at radius 1 is 1.33 bits per heavy atom. The number of ether oxygens (including phenoxy) is 1. The zero-order valence-electron chi connectivity index (χ0n) is 8.82. The Morgan fingerprint density at radius 2 is 2.13 bits per heavy atom. The fourth-order valence-corrected chi connectivity index (χ4v) is 1.59. The summed E-state index contributed by atoms with van der Waals surface area (Å²) >= 11 is 0. The zero-order chi connectivity index (χ0) is 10.8. The van der Waals surface area contributed by atoms with Crippen LogP contribution in [0, 0.1) is 0 Å². The monoisotopic (exact) mass is 203 g/mol. The third-order valence-electron chi connectivity index (χ3n) is 2.34. The van der Waals surface area contributed by atoms with Crippen LogP contribution in [0.25, 0.3) is 10.9 Å². The molecule has 1 heterocycles. The van der Waals surface area contributed by atoms with Gasteiger partial charge in [-0.2, -0.15) is 0 Å². The molecule has 0 bridgehead atoms. The van der Waals surface area contributed by atoms with Gasteiger partial charge in [-0.05, 0) is 18.6 Å². The molecule has 1 aromatic carbocycles. The first-order chi connectivity index (χ1) is 7.24. The predicted octanol–water partition coefficient (Wildman–Crippen LogP) is 1.78. The minimum atomic E-state index is 0.313. The van der Waals surface area contributed by atoms with Crippen molar-refractivity contribution in [3.63, 3.8) is 0 Å². The van der Waals surface area contributed by atoms with Crippen LogP contribution >= 0.6 is 0 Å². The molecule has 2 aromatic rings. The number of anilines is 1. The summed E-state index contributed by atoms with van der Waals surface area (Å²) in [6.07, 6.45) is 0.843. The highest BCUT2D eigenvalue weighted by molar-refractivity contribution is 5.83. The van der Waals surface area contributed by atoms with Crippen LogP contribution < -0.4 is 10.5 Å². The molecule has 0 unspecified atom stereocenters. The molecule has 0 atom stereocenters. The number of rotatable bonds is 2. The Balaban J connectivity index is 2.72. The minimum Gasteiger partial charge on any atom is -0.497 e. The van der Waals surface area contributed by atoms with E-state index in [1.165, 1.54) is 0 Å². The van der Waals surface area contributed by atoms with E-state index >= 15 is 0 Å². The van der Waals surface area contributed by atoms with Crippen molar-refractivity contribution in [2.75, 3.05) is 12.8 Å². The van der Waals surface area contributed by atoms with E-state index in [-0.39, 0.29) is 0 Å². The molecule has 0 aliphatic rings.